The molecule has 0 bridgehead atoms. The van der Waals surface area contributed by atoms with Crippen molar-refractivity contribution in [1.82, 2.24) is 4.90 Å². The van der Waals surface area contributed by atoms with Gasteiger partial charge in [-0.2, -0.15) is 26.3 Å². The van der Waals surface area contributed by atoms with Gasteiger partial charge in [0.05, 0.1) is 11.1 Å². The van der Waals surface area contributed by atoms with Crippen LogP contribution in [0.25, 0.3) is 0 Å². The molecule has 0 aromatic heterocycles. The van der Waals surface area contributed by atoms with Gasteiger partial charge < -0.3 is 9.55 Å². The molecule has 0 aliphatic carbocycles. The molecule has 0 unspecified atom stereocenters. The molecular weight excluding hydrogens is 371 g/mol. The highest BCUT2D eigenvalue weighted by molar-refractivity contribution is 6.68. The SMILES string of the molecule is CN(C)CCB(Oc1ccccc1C(F)(F)F)c1ccccc1C(F)(F)F. The van der Waals surface area contributed by atoms with Crippen LogP contribution in [0.1, 0.15) is 11.1 Å². The predicted molar refractivity (Wildman–Crippen MR) is 92.3 cm³/mol. The maximum atomic E-state index is 13.4. The second-order valence-electron chi connectivity index (χ2n) is 6.28. The topological polar surface area (TPSA) is 12.5 Å². The molecule has 0 heterocycles. The Kier molecular flexibility index (Phi) is 6.46. The molecule has 0 aliphatic rings. The first-order chi connectivity index (χ1) is 12.5. The third-order valence-electron chi connectivity index (χ3n) is 3.91. The average Bonchev–Trinajstić information content (AvgIpc) is 2.57. The van der Waals surface area contributed by atoms with E-state index in [0.717, 1.165) is 18.2 Å². The first kappa shape index (κ1) is 21.1. The van der Waals surface area contributed by atoms with E-state index < -0.39 is 36.1 Å². The van der Waals surface area contributed by atoms with Gasteiger partial charge in [0.2, 0.25) is 0 Å². The minimum atomic E-state index is -4.67. The maximum absolute atomic E-state index is 13.4. The minimum absolute atomic E-state index is 0.0896. The summed E-state index contributed by atoms with van der Waals surface area (Å²) in [4.78, 5) is 1.72. The van der Waals surface area contributed by atoms with Crippen molar-refractivity contribution in [3.05, 3.63) is 59.7 Å². The fraction of sp³-hybridized carbons (Fsp3) is 0.333. The van der Waals surface area contributed by atoms with Crippen LogP contribution in [-0.2, 0) is 12.4 Å². The lowest BCUT2D eigenvalue weighted by Gasteiger charge is -2.23. The molecule has 0 fully saturated rings. The number of rotatable bonds is 6. The largest absolute Gasteiger partial charge is 0.555 e. The molecule has 0 amide bonds. The summed E-state index contributed by atoms with van der Waals surface area (Å²) >= 11 is 0. The van der Waals surface area contributed by atoms with Crippen LogP contribution in [0.5, 0.6) is 5.75 Å². The van der Waals surface area contributed by atoms with Gasteiger partial charge in [-0.3, -0.25) is 0 Å². The summed E-state index contributed by atoms with van der Waals surface area (Å²) in [6.07, 6.45) is -9.22. The molecule has 146 valence electrons. The number of benzene rings is 2. The van der Waals surface area contributed by atoms with Gasteiger partial charge in [-0.15, -0.1) is 0 Å². The van der Waals surface area contributed by atoms with Crippen LogP contribution in [0, 0.1) is 0 Å². The van der Waals surface area contributed by atoms with Gasteiger partial charge in [-0.1, -0.05) is 36.4 Å². The first-order valence-electron chi connectivity index (χ1n) is 8.14. The third-order valence-corrected chi connectivity index (χ3v) is 3.91. The molecule has 27 heavy (non-hydrogen) atoms. The molecule has 2 nitrogen and oxygen atoms in total. The molecule has 0 N–H and O–H groups in total. The van der Waals surface area contributed by atoms with Crippen molar-refractivity contribution >= 4 is 12.4 Å². The molecule has 2 rings (SSSR count). The number of halogens is 6. The van der Waals surface area contributed by atoms with Crippen molar-refractivity contribution in [3.8, 4) is 5.75 Å². The lowest BCUT2D eigenvalue weighted by Crippen LogP contribution is -2.43. The van der Waals surface area contributed by atoms with E-state index in [9.17, 15) is 26.3 Å². The number of hydrogen-bond acceptors (Lipinski definition) is 2. The van der Waals surface area contributed by atoms with Crippen LogP contribution >= 0.6 is 0 Å². The van der Waals surface area contributed by atoms with E-state index in [-0.39, 0.29) is 11.8 Å². The number of para-hydroxylation sites is 1. The van der Waals surface area contributed by atoms with Crippen molar-refractivity contribution in [2.45, 2.75) is 18.7 Å². The molecular formula is C18H18BF6NO. The minimum Gasteiger partial charge on any atom is -0.555 e. The Morgan fingerprint density at radius 2 is 1.33 bits per heavy atom. The first-order valence-corrected chi connectivity index (χ1v) is 8.14. The van der Waals surface area contributed by atoms with Crippen LogP contribution in [-0.4, -0.2) is 32.5 Å². The summed E-state index contributed by atoms with van der Waals surface area (Å²) in [6, 6.07) is 9.29. The van der Waals surface area contributed by atoms with Gasteiger partial charge in [-0.05, 0) is 44.6 Å². The van der Waals surface area contributed by atoms with Crippen LogP contribution in [0.15, 0.2) is 48.5 Å². The van der Waals surface area contributed by atoms with E-state index in [2.05, 4.69) is 0 Å². The zero-order valence-corrected chi connectivity index (χ0v) is 14.7. The molecule has 2 aromatic rings. The fourth-order valence-corrected chi connectivity index (χ4v) is 2.65. The molecule has 0 saturated heterocycles. The molecule has 0 aliphatic heterocycles. The normalized spacial score (nSPS) is 12.3. The number of nitrogens with zero attached hydrogens (tertiary/aromatic N) is 1. The average molecular weight is 389 g/mol. The Bertz CT molecular complexity index is 760. The Morgan fingerprint density at radius 1 is 0.815 bits per heavy atom. The highest BCUT2D eigenvalue weighted by Crippen LogP contribution is 2.36. The van der Waals surface area contributed by atoms with Crippen LogP contribution in [0.4, 0.5) is 26.3 Å². The lowest BCUT2D eigenvalue weighted by atomic mass is 9.56. The van der Waals surface area contributed by atoms with Crippen molar-refractivity contribution in [3.63, 3.8) is 0 Å². The van der Waals surface area contributed by atoms with E-state index in [1.165, 1.54) is 30.3 Å². The Morgan fingerprint density at radius 3 is 1.89 bits per heavy atom. The van der Waals surface area contributed by atoms with Crippen LogP contribution in [0.3, 0.4) is 0 Å². The van der Waals surface area contributed by atoms with Crippen LogP contribution < -0.4 is 10.1 Å². The standard InChI is InChI=1S/C18H18BF6NO/c1-26(2)12-11-19(15-9-5-3-7-13(15)17(20,21)22)27-16-10-6-4-8-14(16)18(23,24)25/h3-10H,11-12H2,1-2H3. The highest BCUT2D eigenvalue weighted by atomic mass is 19.4. The summed E-state index contributed by atoms with van der Waals surface area (Å²) in [7, 11) is 3.44. The van der Waals surface area contributed by atoms with E-state index >= 15 is 0 Å². The second kappa shape index (κ2) is 8.25. The van der Waals surface area contributed by atoms with Gasteiger partial charge in [0.25, 0.3) is 0 Å². The summed E-state index contributed by atoms with van der Waals surface area (Å²) < 4.78 is 85.3. The van der Waals surface area contributed by atoms with E-state index in [0.29, 0.717) is 6.54 Å². The molecule has 9 heteroatoms. The van der Waals surface area contributed by atoms with Gasteiger partial charge >= 0.3 is 19.3 Å². The van der Waals surface area contributed by atoms with Crippen molar-refractivity contribution < 1.29 is 31.0 Å². The number of hydrogen-bond donors (Lipinski definition) is 0. The molecule has 0 atom stereocenters. The Hall–Kier alpha value is -2.16. The van der Waals surface area contributed by atoms with Gasteiger partial charge in [0, 0.05) is 0 Å². The van der Waals surface area contributed by atoms with Crippen molar-refractivity contribution in [1.29, 1.82) is 0 Å². The summed E-state index contributed by atoms with van der Waals surface area (Å²) in [5.74, 6) is -0.495. The lowest BCUT2D eigenvalue weighted by molar-refractivity contribution is -0.139. The summed E-state index contributed by atoms with van der Waals surface area (Å²) in [5.41, 5.74) is -2.13. The van der Waals surface area contributed by atoms with Crippen molar-refractivity contribution in [2.24, 2.45) is 0 Å². The molecule has 2 aromatic carbocycles. The van der Waals surface area contributed by atoms with Crippen LogP contribution in [0.2, 0.25) is 6.32 Å². The fourth-order valence-electron chi connectivity index (χ4n) is 2.65. The molecule has 0 radical (unpaired) electrons. The zero-order valence-electron chi connectivity index (χ0n) is 14.7. The summed E-state index contributed by atoms with van der Waals surface area (Å²) in [5, 5.41) is 0. The zero-order chi connectivity index (χ0) is 20.2. The number of alkyl halides is 6. The maximum Gasteiger partial charge on any atom is 0.419 e. The smallest absolute Gasteiger partial charge is 0.419 e. The Balaban J connectivity index is 2.47. The van der Waals surface area contributed by atoms with E-state index in [4.69, 9.17) is 4.65 Å². The monoisotopic (exact) mass is 389 g/mol. The second-order valence-corrected chi connectivity index (χ2v) is 6.28. The van der Waals surface area contributed by atoms with Crippen molar-refractivity contribution in [2.75, 3.05) is 20.6 Å². The Labute approximate surface area is 153 Å². The van der Waals surface area contributed by atoms with Gasteiger partial charge in [0.1, 0.15) is 5.75 Å². The molecule has 0 spiro atoms. The predicted octanol–water partition coefficient (Wildman–Crippen LogP) is 4.56. The highest BCUT2D eigenvalue weighted by Gasteiger charge is 2.39. The third kappa shape index (κ3) is 5.66. The van der Waals surface area contributed by atoms with Gasteiger partial charge in [0.15, 0.2) is 0 Å². The molecule has 0 saturated carbocycles. The quantitative estimate of drug-likeness (QED) is 0.531. The summed E-state index contributed by atoms with van der Waals surface area (Å²) in [6.45, 7) is -0.848. The van der Waals surface area contributed by atoms with Gasteiger partial charge in [-0.25, -0.2) is 0 Å². The van der Waals surface area contributed by atoms with E-state index in [1.54, 1.807) is 19.0 Å². The van der Waals surface area contributed by atoms with E-state index in [1.807, 2.05) is 0 Å².